The van der Waals surface area contributed by atoms with Crippen molar-refractivity contribution in [2.75, 3.05) is 11.9 Å². The van der Waals surface area contributed by atoms with Gasteiger partial charge in [-0.25, -0.2) is 4.98 Å². The van der Waals surface area contributed by atoms with E-state index in [2.05, 4.69) is 10.3 Å². The fourth-order valence-electron chi connectivity index (χ4n) is 2.37. The monoisotopic (exact) mass is 414 g/mol. The van der Waals surface area contributed by atoms with Crippen LogP contribution in [0, 0.1) is 0 Å². The van der Waals surface area contributed by atoms with Crippen LogP contribution in [0.4, 0.5) is 5.13 Å². The maximum atomic E-state index is 12.2. The number of benzene rings is 1. The first kappa shape index (κ1) is 20.7. The summed E-state index contributed by atoms with van der Waals surface area (Å²) in [7, 11) is 0. The van der Waals surface area contributed by atoms with Gasteiger partial charge in [0.2, 0.25) is 5.91 Å². The molecule has 0 atom stereocenters. The minimum absolute atomic E-state index is 0.140. The smallest absolute Gasteiger partial charge is 0.306 e. The molecular formula is C18H20Cl2N2O3S. The molecule has 5 nitrogen and oxygen atoms in total. The van der Waals surface area contributed by atoms with Crippen LogP contribution in [0.5, 0.6) is 0 Å². The third-order valence-corrected chi connectivity index (χ3v) is 4.82. The lowest BCUT2D eigenvalue weighted by Gasteiger charge is -2.20. The van der Waals surface area contributed by atoms with E-state index in [9.17, 15) is 9.59 Å². The topological polar surface area (TPSA) is 68.3 Å². The Morgan fingerprint density at radius 2 is 1.88 bits per heavy atom. The molecule has 0 spiro atoms. The van der Waals surface area contributed by atoms with Crippen LogP contribution in [-0.4, -0.2) is 23.5 Å². The summed E-state index contributed by atoms with van der Waals surface area (Å²) in [5, 5.41) is 6.05. The van der Waals surface area contributed by atoms with E-state index in [0.717, 1.165) is 11.3 Å². The van der Waals surface area contributed by atoms with E-state index in [-0.39, 0.29) is 24.7 Å². The van der Waals surface area contributed by atoms with Gasteiger partial charge in [-0.3, -0.25) is 9.59 Å². The van der Waals surface area contributed by atoms with Gasteiger partial charge in [0.25, 0.3) is 0 Å². The van der Waals surface area contributed by atoms with Gasteiger partial charge in [0.1, 0.15) is 0 Å². The Balaban J connectivity index is 2.00. The third-order valence-electron chi connectivity index (χ3n) is 3.62. The number of carbonyl (C=O) groups excluding carboxylic acids is 2. The van der Waals surface area contributed by atoms with Crippen molar-refractivity contribution in [3.63, 3.8) is 0 Å². The molecule has 2 rings (SSSR count). The summed E-state index contributed by atoms with van der Waals surface area (Å²) in [6.45, 7) is 5.95. The van der Waals surface area contributed by atoms with Crippen molar-refractivity contribution in [2.45, 2.75) is 39.0 Å². The minimum Gasteiger partial charge on any atom is -0.466 e. The molecule has 0 aliphatic rings. The zero-order valence-corrected chi connectivity index (χ0v) is 17.1. The lowest BCUT2D eigenvalue weighted by atomic mass is 9.86. The number of ether oxygens (including phenoxy) is 1. The Hall–Kier alpha value is -1.63. The highest BCUT2D eigenvalue weighted by Crippen LogP contribution is 2.30. The minimum atomic E-state index is -0.480. The van der Waals surface area contributed by atoms with Crippen LogP contribution in [0.2, 0.25) is 10.0 Å². The normalized spacial score (nSPS) is 11.3. The van der Waals surface area contributed by atoms with Gasteiger partial charge in [0, 0.05) is 20.8 Å². The van der Waals surface area contributed by atoms with Crippen LogP contribution in [-0.2, 0) is 26.2 Å². The number of halogens is 2. The zero-order valence-electron chi connectivity index (χ0n) is 14.8. The van der Waals surface area contributed by atoms with Crippen molar-refractivity contribution >= 4 is 51.5 Å². The number of esters is 1. The van der Waals surface area contributed by atoms with Gasteiger partial charge in [-0.05, 0) is 30.7 Å². The number of anilines is 1. The van der Waals surface area contributed by atoms with E-state index in [0.29, 0.717) is 21.8 Å². The highest BCUT2D eigenvalue weighted by Gasteiger charge is 2.28. The molecule has 0 radical (unpaired) electrons. The predicted octanol–water partition coefficient (Wildman–Crippen LogP) is 4.86. The molecule has 0 bridgehead atoms. The summed E-state index contributed by atoms with van der Waals surface area (Å²) >= 11 is 13.2. The standard InChI is InChI=1S/C18H20Cl2N2O3S/c1-4-25-16(24)9-18(2,3)14-10-26-17(21-14)22-15(23)7-11-5-12(19)8-13(20)6-11/h5-6,8,10H,4,7,9H2,1-3H3,(H,21,22,23). The number of nitrogens with one attached hydrogen (secondary N) is 1. The van der Waals surface area contributed by atoms with Gasteiger partial charge < -0.3 is 10.1 Å². The van der Waals surface area contributed by atoms with Crippen LogP contribution in [0.3, 0.4) is 0 Å². The second kappa shape index (κ2) is 8.84. The van der Waals surface area contributed by atoms with Gasteiger partial charge >= 0.3 is 5.97 Å². The number of nitrogens with zero attached hydrogens (tertiary/aromatic N) is 1. The fraction of sp³-hybridized carbons (Fsp3) is 0.389. The molecule has 0 saturated heterocycles. The molecule has 0 aliphatic heterocycles. The Morgan fingerprint density at radius 3 is 2.50 bits per heavy atom. The summed E-state index contributed by atoms with van der Waals surface area (Å²) in [5.74, 6) is -0.485. The maximum Gasteiger partial charge on any atom is 0.306 e. The predicted molar refractivity (Wildman–Crippen MR) is 105 cm³/mol. The first-order valence-electron chi connectivity index (χ1n) is 8.06. The van der Waals surface area contributed by atoms with Gasteiger partial charge in [-0.2, -0.15) is 0 Å². The van der Waals surface area contributed by atoms with Crippen LogP contribution in [0.25, 0.3) is 0 Å². The number of hydrogen-bond acceptors (Lipinski definition) is 5. The average Bonchev–Trinajstić information content (AvgIpc) is 2.94. The van der Waals surface area contributed by atoms with Crippen LogP contribution in [0.15, 0.2) is 23.6 Å². The highest BCUT2D eigenvalue weighted by molar-refractivity contribution is 7.13. The Labute approximate surface area is 166 Å². The summed E-state index contributed by atoms with van der Waals surface area (Å²) in [6, 6.07) is 5.01. The lowest BCUT2D eigenvalue weighted by Crippen LogP contribution is -2.24. The van der Waals surface area contributed by atoms with Crippen molar-refractivity contribution in [2.24, 2.45) is 0 Å². The zero-order chi connectivity index (χ0) is 19.3. The number of aromatic nitrogens is 1. The van der Waals surface area contributed by atoms with Crippen LogP contribution in [0.1, 0.15) is 38.4 Å². The number of carbonyl (C=O) groups is 2. The van der Waals surface area contributed by atoms with Gasteiger partial charge in [-0.15, -0.1) is 11.3 Å². The third kappa shape index (κ3) is 5.97. The van der Waals surface area contributed by atoms with E-state index in [1.165, 1.54) is 11.3 Å². The van der Waals surface area contributed by atoms with E-state index >= 15 is 0 Å². The highest BCUT2D eigenvalue weighted by atomic mass is 35.5. The molecule has 1 heterocycles. The van der Waals surface area contributed by atoms with Gasteiger partial charge in [-0.1, -0.05) is 37.0 Å². The molecule has 0 saturated carbocycles. The Morgan fingerprint density at radius 1 is 1.23 bits per heavy atom. The van der Waals surface area contributed by atoms with Crippen molar-refractivity contribution in [1.82, 2.24) is 4.98 Å². The molecule has 26 heavy (non-hydrogen) atoms. The van der Waals surface area contributed by atoms with E-state index in [1.54, 1.807) is 25.1 Å². The molecule has 1 N–H and O–H groups in total. The molecule has 1 aromatic carbocycles. The number of amides is 1. The van der Waals surface area contributed by atoms with Gasteiger partial charge in [0.05, 0.1) is 25.1 Å². The molecule has 1 amide bonds. The summed E-state index contributed by atoms with van der Waals surface area (Å²) in [6.07, 6.45) is 0.361. The molecule has 2 aromatic rings. The second-order valence-electron chi connectivity index (χ2n) is 6.41. The van der Waals surface area contributed by atoms with Crippen molar-refractivity contribution in [3.05, 3.63) is 44.9 Å². The molecular weight excluding hydrogens is 395 g/mol. The number of rotatable bonds is 7. The van der Waals surface area contributed by atoms with E-state index < -0.39 is 5.41 Å². The molecule has 0 unspecified atom stereocenters. The maximum absolute atomic E-state index is 12.2. The SMILES string of the molecule is CCOC(=O)CC(C)(C)c1csc(NC(=O)Cc2cc(Cl)cc(Cl)c2)n1. The quantitative estimate of drug-likeness (QED) is 0.656. The summed E-state index contributed by atoms with van der Waals surface area (Å²) in [5.41, 5.74) is 0.975. The second-order valence-corrected chi connectivity index (χ2v) is 8.14. The molecule has 8 heteroatoms. The Bertz CT molecular complexity index is 785. The van der Waals surface area contributed by atoms with Crippen molar-refractivity contribution in [3.8, 4) is 0 Å². The molecule has 140 valence electrons. The molecule has 0 fully saturated rings. The first-order valence-corrected chi connectivity index (χ1v) is 9.69. The summed E-state index contributed by atoms with van der Waals surface area (Å²) in [4.78, 5) is 28.4. The lowest BCUT2D eigenvalue weighted by molar-refractivity contribution is -0.144. The fourth-order valence-corrected chi connectivity index (χ4v) is 3.86. The Kier molecular flexibility index (Phi) is 7.03. The number of thiazole rings is 1. The van der Waals surface area contributed by atoms with Crippen LogP contribution < -0.4 is 5.32 Å². The first-order chi connectivity index (χ1) is 12.2. The van der Waals surface area contributed by atoms with E-state index in [1.807, 2.05) is 19.2 Å². The van der Waals surface area contributed by atoms with Gasteiger partial charge in [0.15, 0.2) is 5.13 Å². The molecule has 0 aliphatic carbocycles. The summed E-state index contributed by atoms with van der Waals surface area (Å²) < 4.78 is 5.00. The van der Waals surface area contributed by atoms with Crippen molar-refractivity contribution in [1.29, 1.82) is 0 Å². The van der Waals surface area contributed by atoms with Crippen LogP contribution >= 0.6 is 34.5 Å². The molecule has 1 aromatic heterocycles. The average molecular weight is 415 g/mol. The van der Waals surface area contributed by atoms with Crippen molar-refractivity contribution < 1.29 is 14.3 Å². The largest absolute Gasteiger partial charge is 0.466 e. The number of hydrogen-bond donors (Lipinski definition) is 1. The van der Waals surface area contributed by atoms with E-state index in [4.69, 9.17) is 27.9 Å².